The molecule has 2 aliphatic rings. The lowest BCUT2D eigenvalue weighted by Gasteiger charge is -2.18. The van der Waals surface area contributed by atoms with Crippen LogP contribution in [0.1, 0.15) is 38.2 Å². The van der Waals surface area contributed by atoms with Crippen LogP contribution >= 0.6 is 0 Å². The van der Waals surface area contributed by atoms with E-state index < -0.39 is 10.1 Å². The van der Waals surface area contributed by atoms with Crippen molar-refractivity contribution in [2.45, 2.75) is 50.0 Å². The topological polar surface area (TPSA) is 104 Å². The van der Waals surface area contributed by atoms with Gasteiger partial charge in [0.1, 0.15) is 0 Å². The number of nitrogens with zero attached hydrogens (tertiary/aromatic N) is 1. The van der Waals surface area contributed by atoms with Crippen molar-refractivity contribution in [1.29, 1.82) is 5.26 Å². The Morgan fingerprint density at radius 3 is 2.09 bits per heavy atom. The van der Waals surface area contributed by atoms with Crippen LogP contribution in [0.25, 0.3) is 0 Å². The third-order valence-electron chi connectivity index (χ3n) is 4.80. The summed E-state index contributed by atoms with van der Waals surface area (Å²) in [5.74, 6) is 1.84. The highest BCUT2D eigenvalue weighted by Gasteiger charge is 2.45. The first-order valence-electron chi connectivity index (χ1n) is 7.83. The summed E-state index contributed by atoms with van der Waals surface area (Å²) in [5, 5.41) is 8.77. The van der Waals surface area contributed by atoms with E-state index >= 15 is 0 Å². The quantitative estimate of drug-likeness (QED) is 0.767. The number of nitriles is 1. The van der Waals surface area contributed by atoms with Gasteiger partial charge < -0.3 is 5.73 Å². The SMILES string of the molecule is CC1(N)C[C@H]2CC(C#N)C[C@H]2C1.Cc1ccc(S(=O)(=O)O)cc1. The lowest BCUT2D eigenvalue weighted by molar-refractivity contribution is 0.423. The van der Waals surface area contributed by atoms with Gasteiger partial charge in [-0.25, -0.2) is 0 Å². The normalized spacial score (nSPS) is 32.6. The van der Waals surface area contributed by atoms with E-state index in [-0.39, 0.29) is 10.4 Å². The van der Waals surface area contributed by atoms with Crippen molar-refractivity contribution >= 4 is 10.1 Å². The standard InChI is InChI=1S/C10H16N2.C7H8O3S/c1-10(12)4-8-2-7(6-11)3-9(8)5-10;1-6-2-4-7(5-3-6)11(8,9)10/h7-9H,2-5,12H2,1H3;2-5H,1H3,(H,8,9,10)/t7?,8-,9+,10?;. The van der Waals surface area contributed by atoms with Gasteiger partial charge in [-0.2, -0.15) is 13.7 Å². The molecule has 1 aromatic rings. The second-order valence-corrected chi connectivity index (χ2v) is 8.59. The predicted molar refractivity (Wildman–Crippen MR) is 88.1 cm³/mol. The third kappa shape index (κ3) is 4.77. The van der Waals surface area contributed by atoms with E-state index in [1.165, 1.54) is 12.1 Å². The van der Waals surface area contributed by atoms with Crippen molar-refractivity contribution in [3.05, 3.63) is 29.8 Å². The van der Waals surface area contributed by atoms with Gasteiger partial charge in [-0.1, -0.05) is 17.7 Å². The molecular formula is C17H24N2O3S. The first-order chi connectivity index (χ1) is 10.6. The van der Waals surface area contributed by atoms with Crippen LogP contribution in [0.2, 0.25) is 0 Å². The van der Waals surface area contributed by atoms with Crippen LogP contribution in [0.15, 0.2) is 29.2 Å². The first-order valence-corrected chi connectivity index (χ1v) is 9.27. The van der Waals surface area contributed by atoms with Crippen molar-refractivity contribution in [3.63, 3.8) is 0 Å². The number of rotatable bonds is 1. The minimum absolute atomic E-state index is 0.0652. The van der Waals surface area contributed by atoms with Gasteiger partial charge in [-0.05, 0) is 63.5 Å². The molecule has 4 atom stereocenters. The number of fused-ring (bicyclic) bond motifs is 1. The molecule has 126 valence electrons. The third-order valence-corrected chi connectivity index (χ3v) is 5.67. The fraction of sp³-hybridized carbons (Fsp3) is 0.588. The average molecular weight is 336 g/mol. The summed E-state index contributed by atoms with van der Waals surface area (Å²) in [5.41, 5.74) is 7.09. The zero-order valence-electron chi connectivity index (χ0n) is 13.6. The molecule has 0 heterocycles. The maximum atomic E-state index is 10.5. The lowest BCUT2D eigenvalue weighted by Crippen LogP contribution is -2.33. The second kappa shape index (κ2) is 6.60. The zero-order chi connectivity index (χ0) is 17.3. The molecule has 6 heteroatoms. The van der Waals surface area contributed by atoms with E-state index in [1.807, 2.05) is 6.92 Å². The Hall–Kier alpha value is -1.42. The number of aryl methyl sites for hydroxylation is 1. The maximum Gasteiger partial charge on any atom is 0.294 e. The Kier molecular flexibility index (Phi) is 5.14. The Labute approximate surface area is 138 Å². The molecule has 0 saturated heterocycles. The van der Waals surface area contributed by atoms with Crippen LogP contribution in [0.5, 0.6) is 0 Å². The van der Waals surface area contributed by atoms with Crippen molar-refractivity contribution < 1.29 is 13.0 Å². The second-order valence-electron chi connectivity index (χ2n) is 7.17. The summed E-state index contributed by atoms with van der Waals surface area (Å²) in [6.07, 6.45) is 4.48. The molecule has 5 nitrogen and oxygen atoms in total. The van der Waals surface area contributed by atoms with Gasteiger partial charge in [0.25, 0.3) is 10.1 Å². The summed E-state index contributed by atoms with van der Waals surface area (Å²) < 4.78 is 29.6. The van der Waals surface area contributed by atoms with E-state index in [1.54, 1.807) is 12.1 Å². The van der Waals surface area contributed by atoms with E-state index in [9.17, 15) is 8.42 Å². The minimum atomic E-state index is -4.02. The predicted octanol–water partition coefficient (Wildman–Crippen LogP) is 2.91. The van der Waals surface area contributed by atoms with Crippen LogP contribution in [0.4, 0.5) is 0 Å². The summed E-state index contributed by atoms with van der Waals surface area (Å²) in [6.45, 7) is 3.99. The maximum absolute atomic E-state index is 10.5. The summed E-state index contributed by atoms with van der Waals surface area (Å²) in [6, 6.07) is 8.37. The fourth-order valence-electron chi connectivity index (χ4n) is 3.81. The van der Waals surface area contributed by atoms with Crippen LogP contribution < -0.4 is 5.73 Å². The molecule has 0 aromatic heterocycles. The molecule has 0 aliphatic heterocycles. The van der Waals surface area contributed by atoms with Gasteiger partial charge in [0.2, 0.25) is 0 Å². The zero-order valence-corrected chi connectivity index (χ0v) is 14.4. The first kappa shape index (κ1) is 17.9. The molecule has 3 rings (SSSR count). The van der Waals surface area contributed by atoms with Gasteiger partial charge in [0.15, 0.2) is 0 Å². The molecule has 2 saturated carbocycles. The smallest absolute Gasteiger partial charge is 0.294 e. The summed E-state index contributed by atoms with van der Waals surface area (Å²) >= 11 is 0. The molecule has 2 unspecified atom stereocenters. The highest BCUT2D eigenvalue weighted by atomic mass is 32.2. The van der Waals surface area contributed by atoms with Gasteiger partial charge >= 0.3 is 0 Å². The molecule has 1 aromatic carbocycles. The molecule has 0 amide bonds. The van der Waals surface area contributed by atoms with Crippen LogP contribution in [0, 0.1) is 36.0 Å². The van der Waals surface area contributed by atoms with Crippen LogP contribution in [-0.4, -0.2) is 18.5 Å². The number of nitrogens with two attached hydrogens (primary N) is 1. The molecule has 0 spiro atoms. The Morgan fingerprint density at radius 1 is 1.22 bits per heavy atom. The van der Waals surface area contributed by atoms with Gasteiger partial charge in [0, 0.05) is 11.5 Å². The highest BCUT2D eigenvalue weighted by Crippen LogP contribution is 2.49. The lowest BCUT2D eigenvalue weighted by atomic mass is 9.95. The van der Waals surface area contributed by atoms with E-state index in [0.29, 0.717) is 5.92 Å². The van der Waals surface area contributed by atoms with E-state index in [2.05, 4.69) is 13.0 Å². The largest absolute Gasteiger partial charge is 0.325 e. The van der Waals surface area contributed by atoms with Gasteiger partial charge in [-0.3, -0.25) is 4.55 Å². The Morgan fingerprint density at radius 2 is 1.70 bits per heavy atom. The molecule has 2 fully saturated rings. The molecule has 2 aliphatic carbocycles. The Bertz CT molecular complexity index is 674. The molecular weight excluding hydrogens is 312 g/mol. The van der Waals surface area contributed by atoms with E-state index in [0.717, 1.165) is 43.1 Å². The van der Waals surface area contributed by atoms with Crippen molar-refractivity contribution in [2.24, 2.45) is 23.5 Å². The highest BCUT2D eigenvalue weighted by molar-refractivity contribution is 7.85. The van der Waals surface area contributed by atoms with Crippen LogP contribution in [-0.2, 0) is 10.1 Å². The van der Waals surface area contributed by atoms with Gasteiger partial charge in [-0.15, -0.1) is 0 Å². The number of hydrogen-bond acceptors (Lipinski definition) is 4. The molecule has 0 bridgehead atoms. The van der Waals surface area contributed by atoms with Crippen molar-refractivity contribution in [3.8, 4) is 6.07 Å². The van der Waals surface area contributed by atoms with Crippen LogP contribution in [0.3, 0.4) is 0 Å². The van der Waals surface area contributed by atoms with Gasteiger partial charge in [0.05, 0.1) is 11.0 Å². The van der Waals surface area contributed by atoms with Crippen molar-refractivity contribution in [2.75, 3.05) is 0 Å². The molecule has 0 radical (unpaired) electrons. The summed E-state index contributed by atoms with van der Waals surface area (Å²) in [4.78, 5) is -0.0666. The molecule has 3 N–H and O–H groups in total. The minimum Gasteiger partial charge on any atom is -0.325 e. The number of hydrogen-bond donors (Lipinski definition) is 2. The molecule has 23 heavy (non-hydrogen) atoms. The van der Waals surface area contributed by atoms with E-state index in [4.69, 9.17) is 15.5 Å². The average Bonchev–Trinajstić information content (AvgIpc) is 2.91. The fourth-order valence-corrected chi connectivity index (χ4v) is 4.29. The summed E-state index contributed by atoms with van der Waals surface area (Å²) in [7, 11) is -4.02. The van der Waals surface area contributed by atoms with Crippen molar-refractivity contribution in [1.82, 2.24) is 0 Å². The number of benzene rings is 1. The monoisotopic (exact) mass is 336 g/mol. The Balaban J connectivity index is 0.000000168.